The van der Waals surface area contributed by atoms with Gasteiger partial charge < -0.3 is 28.8 Å². The number of carbonyl (C=O) groups is 1. The summed E-state index contributed by atoms with van der Waals surface area (Å²) in [5.41, 5.74) is 0. The molecule has 0 fully saturated rings. The van der Waals surface area contributed by atoms with E-state index in [4.69, 9.17) is 9.05 Å². The molecule has 8 nitrogen and oxygen atoms in total. The summed E-state index contributed by atoms with van der Waals surface area (Å²) in [7, 11) is 1.32. The van der Waals surface area contributed by atoms with Gasteiger partial charge in [-0.15, -0.1) is 0 Å². The number of nitrogens with one attached hydrogen (secondary N) is 1. The summed E-state index contributed by atoms with van der Waals surface area (Å²) in [5.74, 6) is -0.158. The van der Waals surface area contributed by atoms with Gasteiger partial charge in [0.25, 0.3) is 7.82 Å². The molecule has 0 aromatic rings. The highest BCUT2D eigenvalue weighted by atomic mass is 31.2. The van der Waals surface area contributed by atoms with Crippen LogP contribution in [0, 0.1) is 0 Å². The summed E-state index contributed by atoms with van der Waals surface area (Å²) >= 11 is 0. The second-order valence-corrected chi connectivity index (χ2v) is 25.9. The van der Waals surface area contributed by atoms with Gasteiger partial charge in [0.05, 0.1) is 39.9 Å². The summed E-state index contributed by atoms with van der Waals surface area (Å²) in [6.45, 7) is 4.66. The first kappa shape index (κ1) is 76.5. The lowest BCUT2D eigenvalue weighted by atomic mass is 10.0. The maximum absolute atomic E-state index is 13.0. The van der Waals surface area contributed by atoms with E-state index in [1.54, 1.807) is 0 Å². The van der Waals surface area contributed by atoms with E-state index >= 15 is 0 Å². The maximum atomic E-state index is 13.0. The first-order chi connectivity index (χ1) is 38.0. The van der Waals surface area contributed by atoms with Crippen molar-refractivity contribution in [1.29, 1.82) is 0 Å². The monoisotopic (exact) mass is 1120 g/mol. The molecular weight excluding hydrogens is 984 g/mol. The zero-order valence-electron chi connectivity index (χ0n) is 52.6. The van der Waals surface area contributed by atoms with Crippen LogP contribution in [0.1, 0.15) is 335 Å². The fourth-order valence-electron chi connectivity index (χ4n) is 10.3. The molecular formula is C69H133N2O6P. The Labute approximate surface area is 486 Å². The minimum atomic E-state index is -4.58. The number of rotatable bonds is 63. The molecule has 9 heteroatoms. The molecule has 0 spiro atoms. The van der Waals surface area contributed by atoms with Crippen molar-refractivity contribution in [3.05, 3.63) is 48.6 Å². The molecule has 0 bridgehead atoms. The van der Waals surface area contributed by atoms with Crippen molar-refractivity contribution >= 4 is 13.7 Å². The van der Waals surface area contributed by atoms with E-state index in [2.05, 4.69) is 67.8 Å². The van der Waals surface area contributed by atoms with Crippen molar-refractivity contribution in [3.63, 3.8) is 0 Å². The SMILES string of the molecule is CC/C=C\C/C=C\C/C=C\C/C=C\CCCCCCCCCCCCCCCCCCCCCCCCCCC(=O)NC(COP(=O)([O-])OCC[N+](C)(C)C)C(O)CCCCCCCCCCCCCCCCCCCCC. The lowest BCUT2D eigenvalue weighted by molar-refractivity contribution is -0.870. The number of hydrogen-bond donors (Lipinski definition) is 2. The van der Waals surface area contributed by atoms with Crippen LogP contribution < -0.4 is 10.2 Å². The molecule has 0 saturated heterocycles. The van der Waals surface area contributed by atoms with Crippen LogP contribution >= 0.6 is 7.82 Å². The number of carbonyl (C=O) groups excluding carboxylic acids is 1. The minimum absolute atomic E-state index is 0.0143. The van der Waals surface area contributed by atoms with Gasteiger partial charge in [-0.1, -0.05) is 326 Å². The second kappa shape index (κ2) is 60.1. The number of phosphoric ester groups is 1. The quantitative estimate of drug-likeness (QED) is 0.0272. The Bertz CT molecular complexity index is 1410. The number of phosphoric acid groups is 1. The number of aliphatic hydroxyl groups excluding tert-OH is 1. The highest BCUT2D eigenvalue weighted by Crippen LogP contribution is 2.38. The Kier molecular flexibility index (Phi) is 58.9. The molecule has 0 saturated carbocycles. The lowest BCUT2D eigenvalue weighted by Gasteiger charge is -2.30. The van der Waals surface area contributed by atoms with E-state index in [0.717, 1.165) is 64.2 Å². The van der Waals surface area contributed by atoms with Crippen LogP contribution in [0.4, 0.5) is 0 Å². The molecule has 460 valence electrons. The fourth-order valence-corrected chi connectivity index (χ4v) is 11.1. The normalized spacial score (nSPS) is 14.0. The molecule has 0 aromatic carbocycles. The Balaban J connectivity index is 3.93. The molecule has 0 radical (unpaired) electrons. The van der Waals surface area contributed by atoms with Gasteiger partial charge >= 0.3 is 0 Å². The number of hydrogen-bond acceptors (Lipinski definition) is 6. The lowest BCUT2D eigenvalue weighted by Crippen LogP contribution is -2.46. The molecule has 0 aliphatic carbocycles. The topological polar surface area (TPSA) is 108 Å². The third-order valence-corrected chi connectivity index (χ3v) is 16.5. The first-order valence-electron chi connectivity index (χ1n) is 34.0. The molecule has 3 unspecified atom stereocenters. The van der Waals surface area contributed by atoms with E-state index in [-0.39, 0.29) is 19.1 Å². The number of amides is 1. The molecule has 0 rings (SSSR count). The van der Waals surface area contributed by atoms with Gasteiger partial charge in [0.2, 0.25) is 5.91 Å². The number of likely N-dealkylation sites (N-methyl/N-ethyl adjacent to an activating group) is 1. The van der Waals surface area contributed by atoms with Gasteiger partial charge in [0.1, 0.15) is 13.2 Å². The van der Waals surface area contributed by atoms with Crippen molar-refractivity contribution in [2.75, 3.05) is 40.9 Å². The maximum Gasteiger partial charge on any atom is 0.268 e. The number of aliphatic hydroxyl groups is 1. The van der Waals surface area contributed by atoms with Gasteiger partial charge in [-0.2, -0.15) is 0 Å². The highest BCUT2D eigenvalue weighted by molar-refractivity contribution is 7.45. The van der Waals surface area contributed by atoms with Crippen LogP contribution in [0.2, 0.25) is 0 Å². The molecule has 0 heterocycles. The zero-order chi connectivity index (χ0) is 57.0. The van der Waals surface area contributed by atoms with E-state index in [1.165, 1.54) is 244 Å². The van der Waals surface area contributed by atoms with Crippen molar-refractivity contribution in [3.8, 4) is 0 Å². The smallest absolute Gasteiger partial charge is 0.268 e. The standard InChI is InChI=1S/C69H133N2O6P/c1-6-8-10-12-14-16-18-20-22-24-26-27-28-29-30-31-32-33-34-35-36-37-38-39-40-41-42-43-45-47-49-51-53-55-57-59-61-63-69(73)70-67(66-77-78(74,75)76-65-64-71(3,4)5)68(72)62-60-58-56-54-52-50-48-46-44-25-23-21-19-17-15-13-11-9-7-2/h8,10,14,16,20,22,26-27,67-68,72H,6-7,9,11-13,15,17-19,21,23-25,28-66H2,1-5H3,(H-,70,73,74,75)/b10-8-,16-14-,22-20-,27-26-. The first-order valence-corrected chi connectivity index (χ1v) is 35.4. The molecule has 3 atom stereocenters. The zero-order valence-corrected chi connectivity index (χ0v) is 53.5. The van der Waals surface area contributed by atoms with E-state index in [9.17, 15) is 19.4 Å². The summed E-state index contributed by atoms with van der Waals surface area (Å²) in [5, 5.41) is 14.1. The Morgan fingerprint density at radius 2 is 0.782 bits per heavy atom. The summed E-state index contributed by atoms with van der Waals surface area (Å²) in [6.07, 6.45) is 80.4. The molecule has 78 heavy (non-hydrogen) atoms. The van der Waals surface area contributed by atoms with Gasteiger partial charge in [-0.25, -0.2) is 0 Å². The molecule has 0 aliphatic rings. The van der Waals surface area contributed by atoms with Gasteiger partial charge in [0.15, 0.2) is 0 Å². The van der Waals surface area contributed by atoms with Gasteiger partial charge in [0, 0.05) is 6.42 Å². The van der Waals surface area contributed by atoms with E-state index in [0.29, 0.717) is 23.9 Å². The number of unbranched alkanes of at least 4 members (excludes halogenated alkanes) is 42. The number of quaternary nitrogens is 1. The van der Waals surface area contributed by atoms with E-state index in [1.807, 2.05) is 21.1 Å². The van der Waals surface area contributed by atoms with Gasteiger partial charge in [-0.3, -0.25) is 9.36 Å². The number of allylic oxidation sites excluding steroid dienone is 8. The van der Waals surface area contributed by atoms with Crippen LogP contribution in [0.5, 0.6) is 0 Å². The van der Waals surface area contributed by atoms with Crippen LogP contribution in [0.3, 0.4) is 0 Å². The minimum Gasteiger partial charge on any atom is -0.756 e. The molecule has 2 N–H and O–H groups in total. The summed E-state index contributed by atoms with van der Waals surface area (Å²) in [6, 6.07) is -0.800. The Morgan fingerprint density at radius 3 is 1.14 bits per heavy atom. The second-order valence-electron chi connectivity index (χ2n) is 24.5. The van der Waals surface area contributed by atoms with Crippen molar-refractivity contribution in [2.45, 2.75) is 347 Å². The average molecular weight is 1120 g/mol. The van der Waals surface area contributed by atoms with Crippen LogP contribution in [0.25, 0.3) is 0 Å². The van der Waals surface area contributed by atoms with Crippen molar-refractivity contribution in [1.82, 2.24) is 5.32 Å². The highest BCUT2D eigenvalue weighted by Gasteiger charge is 2.24. The summed E-state index contributed by atoms with van der Waals surface area (Å²) in [4.78, 5) is 25.6. The summed E-state index contributed by atoms with van der Waals surface area (Å²) < 4.78 is 23.5. The Morgan fingerprint density at radius 1 is 0.462 bits per heavy atom. The van der Waals surface area contributed by atoms with Gasteiger partial charge in [-0.05, 0) is 51.4 Å². The molecule has 1 amide bonds. The van der Waals surface area contributed by atoms with Crippen LogP contribution in [0.15, 0.2) is 48.6 Å². The Hall–Kier alpha value is -1.54. The number of nitrogens with zero attached hydrogens (tertiary/aromatic N) is 1. The average Bonchev–Trinajstić information content (AvgIpc) is 3.41. The fraction of sp³-hybridized carbons (Fsp3) is 0.870. The van der Waals surface area contributed by atoms with Crippen molar-refractivity contribution < 1.29 is 32.9 Å². The third kappa shape index (κ3) is 62.1. The predicted octanol–water partition coefficient (Wildman–Crippen LogP) is 20.8. The molecule has 0 aromatic heterocycles. The largest absolute Gasteiger partial charge is 0.756 e. The molecule has 0 aliphatic heterocycles. The third-order valence-electron chi connectivity index (χ3n) is 15.6. The predicted molar refractivity (Wildman–Crippen MR) is 339 cm³/mol. The van der Waals surface area contributed by atoms with E-state index < -0.39 is 20.0 Å². The van der Waals surface area contributed by atoms with Crippen molar-refractivity contribution in [2.24, 2.45) is 0 Å². The van der Waals surface area contributed by atoms with Crippen LogP contribution in [-0.4, -0.2) is 68.5 Å². The van der Waals surface area contributed by atoms with Crippen LogP contribution in [-0.2, 0) is 18.4 Å².